The van der Waals surface area contributed by atoms with Crippen LogP contribution >= 0.6 is 0 Å². The minimum atomic E-state index is -4.67. The van der Waals surface area contributed by atoms with Crippen molar-refractivity contribution in [2.45, 2.75) is 0 Å². The Morgan fingerprint density at radius 2 is 1.23 bits per heavy atom. The van der Waals surface area contributed by atoms with Crippen LogP contribution in [0.15, 0.2) is 24.3 Å². The molecular formula is C7H19NaO12SZn. The summed E-state index contributed by atoms with van der Waals surface area (Å²) in [6.45, 7) is 0. The standard InChI is InChI=1S/C7H6O3.Na.H2O4S.5H2O.Zn.H/c8-6-4-2-1-3-5(6)7(9)10;;1-5(2,3)4;;;;;;;/h1-4,8H,(H,9,10);;(H2,1,2,3,4);5*1H2;;/q;+1;;;;;;;;-1. The molecule has 0 unspecified atom stereocenters. The Morgan fingerprint density at radius 1 is 0.955 bits per heavy atom. The summed E-state index contributed by atoms with van der Waals surface area (Å²) in [5, 5.41) is 17.3. The molecule has 14 N–H and O–H groups in total. The first-order chi connectivity index (χ1) is 6.72. The molecule has 0 amide bonds. The van der Waals surface area contributed by atoms with E-state index in [4.69, 9.17) is 27.7 Å². The van der Waals surface area contributed by atoms with Gasteiger partial charge in [-0.05, 0) is 12.1 Å². The third-order valence-electron chi connectivity index (χ3n) is 1.13. The molecule has 0 saturated heterocycles. The second kappa shape index (κ2) is 23.1. The Hall–Kier alpha value is -0.217. The number of carboxylic acid groups (broad SMARTS) is 1. The Kier molecular flexibility index (Phi) is 51.9. The second-order valence-electron chi connectivity index (χ2n) is 2.27. The van der Waals surface area contributed by atoms with E-state index >= 15 is 0 Å². The van der Waals surface area contributed by atoms with E-state index in [0.29, 0.717) is 0 Å². The number of hydrogen-bond acceptors (Lipinski definition) is 4. The van der Waals surface area contributed by atoms with Crippen molar-refractivity contribution in [3.05, 3.63) is 29.8 Å². The van der Waals surface area contributed by atoms with Gasteiger partial charge >= 0.3 is 45.9 Å². The van der Waals surface area contributed by atoms with Crippen molar-refractivity contribution >= 4 is 16.4 Å². The molecular weight excluding hydrogens is 397 g/mol. The van der Waals surface area contributed by atoms with Crippen LogP contribution in [-0.2, 0) is 29.9 Å². The van der Waals surface area contributed by atoms with E-state index < -0.39 is 16.4 Å². The number of phenols is 1. The van der Waals surface area contributed by atoms with Gasteiger partial charge in [-0.25, -0.2) is 4.79 Å². The van der Waals surface area contributed by atoms with Crippen molar-refractivity contribution in [3.63, 3.8) is 0 Å². The van der Waals surface area contributed by atoms with Gasteiger partial charge in [0.2, 0.25) is 0 Å². The van der Waals surface area contributed by atoms with Crippen LogP contribution in [0, 0.1) is 0 Å². The molecule has 1 aromatic rings. The van der Waals surface area contributed by atoms with Crippen LogP contribution in [0.5, 0.6) is 5.75 Å². The van der Waals surface area contributed by atoms with Gasteiger partial charge in [0.15, 0.2) is 0 Å². The predicted octanol–water partition coefficient (Wildman–Crippen LogP) is -6.57. The summed E-state index contributed by atoms with van der Waals surface area (Å²) in [5.74, 6) is -1.31. The Labute approximate surface area is 161 Å². The van der Waals surface area contributed by atoms with Crippen LogP contribution in [0.1, 0.15) is 11.8 Å². The molecule has 0 aliphatic rings. The number of para-hydroxylation sites is 1. The Morgan fingerprint density at radius 3 is 1.41 bits per heavy atom. The normalized spacial score (nSPS) is 6.82. The molecule has 0 spiro atoms. The van der Waals surface area contributed by atoms with Gasteiger partial charge in [-0.2, -0.15) is 8.42 Å². The van der Waals surface area contributed by atoms with Crippen LogP contribution in [0.2, 0.25) is 0 Å². The summed E-state index contributed by atoms with van der Waals surface area (Å²) < 4.78 is 31.6. The molecule has 0 atom stereocenters. The van der Waals surface area contributed by atoms with Crippen molar-refractivity contribution in [1.82, 2.24) is 0 Å². The van der Waals surface area contributed by atoms with E-state index in [2.05, 4.69) is 0 Å². The van der Waals surface area contributed by atoms with E-state index in [1.54, 1.807) is 12.1 Å². The topological polar surface area (TPSA) is 290 Å². The molecule has 1 rings (SSSR count). The van der Waals surface area contributed by atoms with Crippen molar-refractivity contribution in [1.29, 1.82) is 0 Å². The van der Waals surface area contributed by atoms with E-state index in [0.717, 1.165) is 0 Å². The van der Waals surface area contributed by atoms with Gasteiger partial charge < -0.3 is 39.0 Å². The first kappa shape index (κ1) is 49.5. The van der Waals surface area contributed by atoms with Crippen molar-refractivity contribution < 1.29 is 110 Å². The molecule has 1 aromatic carbocycles. The van der Waals surface area contributed by atoms with Crippen LogP contribution in [0.3, 0.4) is 0 Å². The quantitative estimate of drug-likeness (QED) is 0.253. The second-order valence-corrected chi connectivity index (χ2v) is 3.17. The zero-order valence-electron chi connectivity index (χ0n) is 12.4. The summed E-state index contributed by atoms with van der Waals surface area (Å²) in [6, 6.07) is 5.81. The summed E-state index contributed by atoms with van der Waals surface area (Å²) in [4.78, 5) is 10.3. The minimum Gasteiger partial charge on any atom is -1.00 e. The Bertz CT molecular complexity index is 450. The van der Waals surface area contributed by atoms with Gasteiger partial charge in [0.1, 0.15) is 11.3 Å². The maximum Gasteiger partial charge on any atom is 1.00 e. The molecule has 15 heteroatoms. The van der Waals surface area contributed by atoms with Gasteiger partial charge in [0.05, 0.1) is 0 Å². The molecule has 0 bridgehead atoms. The SMILES string of the molecule is O.O.O.O.O.O=C(O)c1ccccc1O.O=S(=O)(O)O.[H-].[Na+].[Zn]. The van der Waals surface area contributed by atoms with Crippen molar-refractivity contribution in [2.24, 2.45) is 0 Å². The molecule has 0 heterocycles. The number of carbonyl (C=O) groups is 1. The number of hydrogen-bond donors (Lipinski definition) is 4. The third kappa shape index (κ3) is 31.9. The third-order valence-corrected chi connectivity index (χ3v) is 1.13. The Balaban J connectivity index is -0.0000000198. The van der Waals surface area contributed by atoms with E-state index in [9.17, 15) is 4.79 Å². The molecule has 0 fully saturated rings. The van der Waals surface area contributed by atoms with Gasteiger partial charge in [-0.1, -0.05) is 12.1 Å². The maximum absolute atomic E-state index is 10.3. The van der Waals surface area contributed by atoms with Gasteiger partial charge in [0.25, 0.3) is 0 Å². The van der Waals surface area contributed by atoms with Gasteiger partial charge in [-0.3, -0.25) is 9.11 Å². The summed E-state index contributed by atoms with van der Waals surface area (Å²) in [6.07, 6.45) is 0. The van der Waals surface area contributed by atoms with Crippen LogP contribution in [0.4, 0.5) is 0 Å². The molecule has 0 aliphatic carbocycles. The molecule has 0 aromatic heterocycles. The van der Waals surface area contributed by atoms with Crippen LogP contribution in [0.25, 0.3) is 0 Å². The average molecular weight is 416 g/mol. The fourth-order valence-electron chi connectivity index (χ4n) is 0.654. The zero-order chi connectivity index (χ0) is 12.1. The minimum absolute atomic E-state index is 0. The fraction of sp³-hybridized carbons (Fsp3) is 0. The van der Waals surface area contributed by atoms with Crippen LogP contribution in [-0.4, -0.2) is 61.1 Å². The summed E-state index contributed by atoms with van der Waals surface area (Å²) in [5.41, 5.74) is -0.0671. The summed E-state index contributed by atoms with van der Waals surface area (Å²) in [7, 11) is -4.67. The predicted molar refractivity (Wildman–Crippen MR) is 68.4 cm³/mol. The van der Waals surface area contributed by atoms with E-state index in [-0.39, 0.29) is 89.2 Å². The van der Waals surface area contributed by atoms with Gasteiger partial charge in [0, 0.05) is 19.5 Å². The van der Waals surface area contributed by atoms with Crippen molar-refractivity contribution in [3.8, 4) is 5.75 Å². The molecule has 22 heavy (non-hydrogen) atoms. The number of rotatable bonds is 1. The zero-order valence-corrected chi connectivity index (χ0v) is 17.2. The molecule has 128 valence electrons. The maximum atomic E-state index is 10.3. The van der Waals surface area contributed by atoms with Gasteiger partial charge in [-0.15, -0.1) is 0 Å². The number of aromatic hydroxyl groups is 1. The molecule has 0 saturated carbocycles. The molecule has 12 nitrogen and oxygen atoms in total. The van der Waals surface area contributed by atoms with E-state index in [1.165, 1.54) is 12.1 Å². The number of carboxylic acids is 1. The number of aromatic carboxylic acids is 1. The van der Waals surface area contributed by atoms with Crippen LogP contribution < -0.4 is 29.6 Å². The first-order valence-corrected chi connectivity index (χ1v) is 4.82. The molecule has 0 aliphatic heterocycles. The fourth-order valence-corrected chi connectivity index (χ4v) is 0.654. The first-order valence-electron chi connectivity index (χ1n) is 3.43. The monoisotopic (exact) mass is 414 g/mol. The van der Waals surface area contributed by atoms with E-state index in [1.807, 2.05) is 0 Å². The number of benzene rings is 1. The largest absolute Gasteiger partial charge is 1.00 e. The molecule has 0 radical (unpaired) electrons. The van der Waals surface area contributed by atoms with Crippen molar-refractivity contribution in [2.75, 3.05) is 0 Å². The summed E-state index contributed by atoms with van der Waals surface area (Å²) >= 11 is 0. The smallest absolute Gasteiger partial charge is 1.00 e. The average Bonchev–Trinajstić information content (AvgIpc) is 2.01.